The molecule has 1 atom stereocenters. The van der Waals surface area contributed by atoms with E-state index >= 15 is 0 Å². The normalized spacial score (nSPS) is 15.1. The van der Waals surface area contributed by atoms with Crippen LogP contribution in [0.2, 0.25) is 0 Å². The van der Waals surface area contributed by atoms with Gasteiger partial charge >= 0.3 is 0 Å². The molecule has 74 valence electrons. The van der Waals surface area contributed by atoms with Gasteiger partial charge in [0.2, 0.25) is 0 Å². The molecule has 0 aliphatic carbocycles. The molecule has 12 heavy (non-hydrogen) atoms. The van der Waals surface area contributed by atoms with Crippen molar-refractivity contribution in [3.63, 3.8) is 0 Å². The van der Waals surface area contributed by atoms with Crippen molar-refractivity contribution in [1.29, 1.82) is 0 Å². The van der Waals surface area contributed by atoms with Gasteiger partial charge in [-0.2, -0.15) is 12.7 Å². The zero-order chi connectivity index (χ0) is 9.78. The highest BCUT2D eigenvalue weighted by Crippen LogP contribution is 1.97. The molecular formula is C6H15ClN2O2S. The molecule has 6 heteroatoms. The Labute approximate surface area is 79.1 Å². The van der Waals surface area contributed by atoms with Crippen molar-refractivity contribution in [2.24, 2.45) is 5.92 Å². The summed E-state index contributed by atoms with van der Waals surface area (Å²) in [6.45, 7) is 2.26. The van der Waals surface area contributed by atoms with E-state index in [1.54, 1.807) is 0 Å². The third-order valence-corrected chi connectivity index (χ3v) is 3.38. The quantitative estimate of drug-likeness (QED) is 0.668. The number of nitrogens with zero attached hydrogens (tertiary/aromatic N) is 1. The minimum atomic E-state index is -3.28. The van der Waals surface area contributed by atoms with Crippen LogP contribution in [0.15, 0.2) is 0 Å². The van der Waals surface area contributed by atoms with E-state index in [-0.39, 0.29) is 5.92 Å². The molecule has 0 bridgehead atoms. The topological polar surface area (TPSA) is 49.4 Å². The number of halogens is 1. The second kappa shape index (κ2) is 5.01. The van der Waals surface area contributed by atoms with E-state index in [9.17, 15) is 8.42 Å². The average Bonchev–Trinajstić information content (AvgIpc) is 2.00. The molecule has 0 rings (SSSR count). The van der Waals surface area contributed by atoms with Gasteiger partial charge in [-0.3, -0.25) is 0 Å². The molecule has 0 amide bonds. The lowest BCUT2D eigenvalue weighted by atomic mass is 10.2. The SMILES string of the molecule is CC(CCl)CNS(=O)(=O)N(C)C. The van der Waals surface area contributed by atoms with E-state index in [2.05, 4.69) is 4.72 Å². The summed E-state index contributed by atoms with van der Waals surface area (Å²) in [7, 11) is -0.319. The van der Waals surface area contributed by atoms with E-state index in [1.165, 1.54) is 14.1 Å². The van der Waals surface area contributed by atoms with Gasteiger partial charge in [-0.05, 0) is 5.92 Å². The molecule has 0 aromatic carbocycles. The summed E-state index contributed by atoms with van der Waals surface area (Å²) in [5.41, 5.74) is 0. The van der Waals surface area contributed by atoms with Crippen molar-refractivity contribution in [2.45, 2.75) is 6.92 Å². The highest BCUT2D eigenvalue weighted by molar-refractivity contribution is 7.87. The molecule has 0 heterocycles. The van der Waals surface area contributed by atoms with Crippen molar-refractivity contribution in [3.05, 3.63) is 0 Å². The summed E-state index contributed by atoms with van der Waals surface area (Å²) >= 11 is 5.51. The summed E-state index contributed by atoms with van der Waals surface area (Å²) in [5.74, 6) is 0.608. The van der Waals surface area contributed by atoms with E-state index in [0.717, 1.165) is 4.31 Å². The zero-order valence-electron chi connectivity index (χ0n) is 7.54. The number of rotatable bonds is 5. The largest absolute Gasteiger partial charge is 0.278 e. The molecule has 1 N–H and O–H groups in total. The number of hydrogen-bond donors (Lipinski definition) is 1. The van der Waals surface area contributed by atoms with Gasteiger partial charge in [0.1, 0.15) is 0 Å². The van der Waals surface area contributed by atoms with Crippen LogP contribution < -0.4 is 4.72 Å². The van der Waals surface area contributed by atoms with Crippen LogP contribution >= 0.6 is 11.6 Å². The fourth-order valence-corrected chi connectivity index (χ4v) is 1.29. The second-order valence-electron chi connectivity index (χ2n) is 2.90. The molecule has 4 nitrogen and oxygen atoms in total. The molecule has 0 spiro atoms. The molecule has 0 fully saturated rings. The third kappa shape index (κ3) is 4.25. The molecule has 0 aromatic rings. The molecule has 1 unspecified atom stereocenters. The van der Waals surface area contributed by atoms with E-state index in [4.69, 9.17) is 11.6 Å². The summed E-state index contributed by atoms with van der Waals surface area (Å²) in [6.07, 6.45) is 0. The maximum Gasteiger partial charge on any atom is 0.278 e. The Bertz CT molecular complexity index is 216. The van der Waals surface area contributed by atoms with Crippen LogP contribution in [0.25, 0.3) is 0 Å². The van der Waals surface area contributed by atoms with Gasteiger partial charge in [0.15, 0.2) is 0 Å². The first-order chi connectivity index (χ1) is 5.40. The maximum absolute atomic E-state index is 11.1. The van der Waals surface area contributed by atoms with Crippen LogP contribution in [0.3, 0.4) is 0 Å². The molecule has 0 radical (unpaired) electrons. The van der Waals surface area contributed by atoms with Gasteiger partial charge in [-0.25, -0.2) is 4.72 Å². The molecule has 0 aliphatic rings. The molecular weight excluding hydrogens is 200 g/mol. The summed E-state index contributed by atoms with van der Waals surface area (Å²) < 4.78 is 25.8. The van der Waals surface area contributed by atoms with Crippen molar-refractivity contribution in [3.8, 4) is 0 Å². The zero-order valence-corrected chi connectivity index (χ0v) is 9.11. The van der Waals surface area contributed by atoms with E-state index in [1.807, 2.05) is 6.92 Å². The first kappa shape index (κ1) is 12.2. The van der Waals surface area contributed by atoms with Gasteiger partial charge in [0.25, 0.3) is 10.2 Å². The van der Waals surface area contributed by atoms with E-state index in [0.29, 0.717) is 12.4 Å². The van der Waals surface area contributed by atoms with Crippen LogP contribution in [-0.4, -0.2) is 39.2 Å². The molecule has 0 aromatic heterocycles. The number of alkyl halides is 1. The van der Waals surface area contributed by atoms with Gasteiger partial charge in [0.05, 0.1) is 0 Å². The van der Waals surface area contributed by atoms with Crippen molar-refractivity contribution >= 4 is 21.8 Å². The third-order valence-electron chi connectivity index (χ3n) is 1.36. The Balaban J connectivity index is 3.94. The van der Waals surface area contributed by atoms with Crippen LogP contribution in [0.4, 0.5) is 0 Å². The van der Waals surface area contributed by atoms with Crippen molar-refractivity contribution in [2.75, 3.05) is 26.5 Å². The van der Waals surface area contributed by atoms with Crippen LogP contribution in [0, 0.1) is 5.92 Å². The minimum absolute atomic E-state index is 0.154. The maximum atomic E-state index is 11.1. The Morgan fingerprint density at radius 1 is 1.50 bits per heavy atom. The van der Waals surface area contributed by atoms with Gasteiger partial charge in [0, 0.05) is 26.5 Å². The Morgan fingerprint density at radius 3 is 2.33 bits per heavy atom. The summed E-state index contributed by atoms with van der Waals surface area (Å²) in [4.78, 5) is 0. The van der Waals surface area contributed by atoms with Gasteiger partial charge in [-0.1, -0.05) is 6.92 Å². The predicted octanol–water partition coefficient (Wildman–Crippen LogP) is 0.257. The van der Waals surface area contributed by atoms with E-state index < -0.39 is 10.2 Å². The van der Waals surface area contributed by atoms with Crippen LogP contribution in [0.1, 0.15) is 6.92 Å². The lowest BCUT2D eigenvalue weighted by Gasteiger charge is -2.14. The van der Waals surface area contributed by atoms with Crippen LogP contribution in [0.5, 0.6) is 0 Å². The Kier molecular flexibility index (Phi) is 5.08. The van der Waals surface area contributed by atoms with Crippen molar-refractivity contribution < 1.29 is 8.42 Å². The number of nitrogens with one attached hydrogen (secondary N) is 1. The molecule has 0 saturated heterocycles. The van der Waals surface area contributed by atoms with Gasteiger partial charge in [-0.15, -0.1) is 11.6 Å². The Hall–Kier alpha value is 0.160. The fraction of sp³-hybridized carbons (Fsp3) is 1.00. The summed E-state index contributed by atoms with van der Waals surface area (Å²) in [5, 5.41) is 0. The predicted molar refractivity (Wildman–Crippen MR) is 50.5 cm³/mol. The highest BCUT2D eigenvalue weighted by Gasteiger charge is 2.13. The fourth-order valence-electron chi connectivity index (χ4n) is 0.431. The van der Waals surface area contributed by atoms with Crippen molar-refractivity contribution in [1.82, 2.24) is 9.03 Å². The van der Waals surface area contributed by atoms with Crippen LogP contribution in [-0.2, 0) is 10.2 Å². The minimum Gasteiger partial charge on any atom is -0.202 e. The first-order valence-electron chi connectivity index (χ1n) is 3.63. The smallest absolute Gasteiger partial charge is 0.202 e. The standard InChI is InChI=1S/C6H15ClN2O2S/c1-6(4-7)5-8-12(10,11)9(2)3/h6,8H,4-5H2,1-3H3. The lowest BCUT2D eigenvalue weighted by molar-refractivity contribution is 0.495. The average molecular weight is 215 g/mol. The second-order valence-corrected chi connectivity index (χ2v) is 5.17. The first-order valence-corrected chi connectivity index (χ1v) is 5.60. The molecule has 0 aliphatic heterocycles. The lowest BCUT2D eigenvalue weighted by Crippen LogP contribution is -2.38. The van der Waals surface area contributed by atoms with Gasteiger partial charge < -0.3 is 0 Å². The Morgan fingerprint density at radius 2 is 2.00 bits per heavy atom. The monoisotopic (exact) mass is 214 g/mol. The number of hydrogen-bond acceptors (Lipinski definition) is 2. The molecule has 0 saturated carbocycles. The highest BCUT2D eigenvalue weighted by atomic mass is 35.5. The summed E-state index contributed by atoms with van der Waals surface area (Å²) in [6, 6.07) is 0.